The Labute approximate surface area is 190 Å². The van der Waals surface area contributed by atoms with Gasteiger partial charge in [-0.05, 0) is 47.4 Å². The summed E-state index contributed by atoms with van der Waals surface area (Å²) in [5.74, 6) is -0.100. The predicted molar refractivity (Wildman–Crippen MR) is 127 cm³/mol. The molecule has 0 saturated carbocycles. The normalized spacial score (nSPS) is 16.2. The highest BCUT2D eigenvalue weighted by Gasteiger charge is 2.32. The van der Waals surface area contributed by atoms with E-state index in [9.17, 15) is 4.39 Å². The number of halogens is 1. The number of rotatable bonds is 4. The van der Waals surface area contributed by atoms with Gasteiger partial charge in [-0.3, -0.25) is 14.9 Å². The van der Waals surface area contributed by atoms with Crippen LogP contribution in [0, 0.1) is 5.82 Å². The molecule has 6 heteroatoms. The summed E-state index contributed by atoms with van der Waals surface area (Å²) in [5, 5.41) is 1.25. The van der Waals surface area contributed by atoms with Crippen LogP contribution in [-0.2, 0) is 13.0 Å². The second-order valence-electron chi connectivity index (χ2n) is 8.42. The lowest BCUT2D eigenvalue weighted by Gasteiger charge is -2.36. The fraction of sp³-hybridized carbons (Fsp3) is 0.185. The van der Waals surface area contributed by atoms with E-state index < -0.39 is 0 Å². The summed E-state index contributed by atoms with van der Waals surface area (Å²) in [6, 6.07) is 19.6. The topological polar surface area (TPSA) is 54.0 Å². The summed E-state index contributed by atoms with van der Waals surface area (Å²) in [7, 11) is 1.50. The molecule has 3 heterocycles. The highest BCUT2D eigenvalue weighted by Crippen LogP contribution is 2.40. The van der Waals surface area contributed by atoms with Gasteiger partial charge in [0.1, 0.15) is 0 Å². The maximum atomic E-state index is 14.3. The molecule has 0 spiro atoms. The number of methoxy groups -OCH3 is 1. The number of hydrogen-bond acceptors (Lipinski definition) is 4. The molecule has 3 aromatic carbocycles. The first-order chi connectivity index (χ1) is 16.2. The highest BCUT2D eigenvalue weighted by molar-refractivity contribution is 5.85. The number of benzene rings is 3. The summed E-state index contributed by atoms with van der Waals surface area (Å²) in [6.07, 6.45) is 4.39. The standard InChI is InChI=1S/C27H23FN4O/c1-33-24-15-17(9-10-21(24)28)27-26-20(19-6-2-3-7-22(19)31-26)11-14-32(27)16-18-5-4-8-23-25(18)30-13-12-29-23/h2-10,12-13,15,27,31H,11,14,16H2,1H3/t27-/m1/s1. The molecule has 33 heavy (non-hydrogen) atoms. The molecular weight excluding hydrogens is 415 g/mol. The fourth-order valence-corrected chi connectivity index (χ4v) is 5.08. The number of nitrogens with zero attached hydrogens (tertiary/aromatic N) is 3. The molecule has 1 aliphatic rings. The lowest BCUT2D eigenvalue weighted by atomic mass is 9.91. The molecular formula is C27H23FN4O. The molecule has 2 aromatic heterocycles. The zero-order valence-electron chi connectivity index (χ0n) is 18.3. The lowest BCUT2D eigenvalue weighted by Crippen LogP contribution is -2.35. The van der Waals surface area contributed by atoms with Crippen LogP contribution >= 0.6 is 0 Å². The number of ether oxygens (including phenoxy) is 1. The monoisotopic (exact) mass is 438 g/mol. The zero-order chi connectivity index (χ0) is 22.4. The van der Waals surface area contributed by atoms with Crippen LogP contribution in [0.25, 0.3) is 21.9 Å². The van der Waals surface area contributed by atoms with Crippen LogP contribution in [0.4, 0.5) is 4.39 Å². The third kappa shape index (κ3) is 3.34. The predicted octanol–water partition coefficient (Wildman–Crippen LogP) is 5.41. The van der Waals surface area contributed by atoms with Gasteiger partial charge in [-0.2, -0.15) is 0 Å². The lowest BCUT2D eigenvalue weighted by molar-refractivity contribution is 0.202. The van der Waals surface area contributed by atoms with E-state index in [-0.39, 0.29) is 17.6 Å². The van der Waals surface area contributed by atoms with Gasteiger partial charge in [0, 0.05) is 42.1 Å². The second kappa shape index (κ2) is 7.98. The second-order valence-corrected chi connectivity index (χ2v) is 8.42. The summed E-state index contributed by atoms with van der Waals surface area (Å²) < 4.78 is 19.6. The molecule has 5 nitrogen and oxygen atoms in total. The van der Waals surface area contributed by atoms with Gasteiger partial charge in [-0.15, -0.1) is 0 Å². The van der Waals surface area contributed by atoms with Crippen molar-refractivity contribution < 1.29 is 9.13 Å². The Morgan fingerprint density at radius 3 is 2.85 bits per heavy atom. The maximum absolute atomic E-state index is 14.3. The third-order valence-electron chi connectivity index (χ3n) is 6.58. The minimum atomic E-state index is -0.357. The molecule has 1 N–H and O–H groups in total. The maximum Gasteiger partial charge on any atom is 0.165 e. The van der Waals surface area contributed by atoms with Gasteiger partial charge in [-0.25, -0.2) is 4.39 Å². The third-order valence-corrected chi connectivity index (χ3v) is 6.58. The van der Waals surface area contributed by atoms with Gasteiger partial charge in [0.2, 0.25) is 0 Å². The molecule has 0 aliphatic carbocycles. The van der Waals surface area contributed by atoms with Crippen molar-refractivity contribution in [3.63, 3.8) is 0 Å². The summed E-state index contributed by atoms with van der Waals surface area (Å²) >= 11 is 0. The van der Waals surface area contributed by atoms with Gasteiger partial charge < -0.3 is 9.72 Å². The van der Waals surface area contributed by atoms with Crippen LogP contribution in [0.2, 0.25) is 0 Å². The van der Waals surface area contributed by atoms with E-state index in [2.05, 4.69) is 44.1 Å². The first-order valence-corrected chi connectivity index (χ1v) is 11.1. The molecule has 6 rings (SSSR count). The van der Waals surface area contributed by atoms with Crippen LogP contribution in [-0.4, -0.2) is 33.5 Å². The molecule has 0 saturated heterocycles. The zero-order valence-corrected chi connectivity index (χ0v) is 18.3. The highest BCUT2D eigenvalue weighted by atomic mass is 19.1. The van der Waals surface area contributed by atoms with E-state index >= 15 is 0 Å². The van der Waals surface area contributed by atoms with Crippen LogP contribution in [0.15, 0.2) is 73.1 Å². The molecule has 0 bridgehead atoms. The van der Waals surface area contributed by atoms with Crippen molar-refractivity contribution in [2.45, 2.75) is 19.0 Å². The Morgan fingerprint density at radius 2 is 1.94 bits per heavy atom. The molecule has 0 unspecified atom stereocenters. The SMILES string of the molecule is COc1cc([C@@H]2c3[nH]c4ccccc4c3CCN2Cc2cccc3nccnc23)ccc1F. The van der Waals surface area contributed by atoms with E-state index in [4.69, 9.17) is 4.74 Å². The first-order valence-electron chi connectivity index (χ1n) is 11.1. The Morgan fingerprint density at radius 1 is 1.06 bits per heavy atom. The summed E-state index contributed by atoms with van der Waals surface area (Å²) in [4.78, 5) is 15.1. The van der Waals surface area contributed by atoms with Crippen molar-refractivity contribution in [1.29, 1.82) is 0 Å². The Balaban J connectivity index is 1.50. The van der Waals surface area contributed by atoms with E-state index in [0.717, 1.165) is 46.3 Å². The number of aromatic amines is 1. The number of aromatic nitrogens is 3. The number of fused-ring (bicyclic) bond motifs is 4. The van der Waals surface area contributed by atoms with Crippen LogP contribution < -0.4 is 4.74 Å². The number of H-pyrrole nitrogens is 1. The first kappa shape index (κ1) is 19.9. The van der Waals surface area contributed by atoms with Crippen molar-refractivity contribution >= 4 is 21.9 Å². The molecule has 0 fully saturated rings. The number of hydrogen-bond donors (Lipinski definition) is 1. The van der Waals surface area contributed by atoms with Gasteiger partial charge >= 0.3 is 0 Å². The van der Waals surface area contributed by atoms with Crippen molar-refractivity contribution in [1.82, 2.24) is 19.9 Å². The molecule has 0 radical (unpaired) electrons. The van der Waals surface area contributed by atoms with Gasteiger partial charge in [0.05, 0.1) is 24.2 Å². The quantitative estimate of drug-likeness (QED) is 0.408. The Bertz CT molecular complexity index is 1470. The van der Waals surface area contributed by atoms with Crippen molar-refractivity contribution in [3.8, 4) is 5.75 Å². The van der Waals surface area contributed by atoms with E-state index in [1.165, 1.54) is 24.1 Å². The van der Waals surface area contributed by atoms with Gasteiger partial charge in [0.25, 0.3) is 0 Å². The van der Waals surface area contributed by atoms with Crippen LogP contribution in [0.5, 0.6) is 5.75 Å². The number of para-hydroxylation sites is 2. The van der Waals surface area contributed by atoms with Crippen molar-refractivity contribution in [2.24, 2.45) is 0 Å². The summed E-state index contributed by atoms with van der Waals surface area (Å²) in [6.45, 7) is 1.57. The smallest absolute Gasteiger partial charge is 0.165 e. The Kier molecular flexibility index (Phi) is 4.80. The summed E-state index contributed by atoms with van der Waals surface area (Å²) in [5.41, 5.74) is 7.53. The van der Waals surface area contributed by atoms with E-state index in [0.29, 0.717) is 6.54 Å². The fourth-order valence-electron chi connectivity index (χ4n) is 5.08. The number of nitrogens with one attached hydrogen (secondary N) is 1. The van der Waals surface area contributed by atoms with Crippen molar-refractivity contribution in [2.75, 3.05) is 13.7 Å². The molecule has 164 valence electrons. The van der Waals surface area contributed by atoms with E-state index in [1.807, 2.05) is 30.3 Å². The van der Waals surface area contributed by atoms with E-state index in [1.54, 1.807) is 12.4 Å². The van der Waals surface area contributed by atoms with Crippen LogP contribution in [0.1, 0.15) is 28.4 Å². The average molecular weight is 439 g/mol. The Hall–Kier alpha value is -3.77. The minimum absolute atomic E-state index is 0.0671. The van der Waals surface area contributed by atoms with Gasteiger partial charge in [0.15, 0.2) is 11.6 Å². The molecule has 5 aromatic rings. The average Bonchev–Trinajstić information content (AvgIpc) is 3.23. The minimum Gasteiger partial charge on any atom is -0.494 e. The van der Waals surface area contributed by atoms with Crippen molar-refractivity contribution in [3.05, 3.63) is 101 Å². The van der Waals surface area contributed by atoms with Gasteiger partial charge in [-0.1, -0.05) is 36.4 Å². The van der Waals surface area contributed by atoms with Crippen LogP contribution in [0.3, 0.4) is 0 Å². The molecule has 1 atom stereocenters. The molecule has 0 amide bonds. The largest absolute Gasteiger partial charge is 0.494 e. The molecule has 1 aliphatic heterocycles.